The van der Waals surface area contributed by atoms with Crippen LogP contribution in [0.25, 0.3) is 0 Å². The smallest absolute Gasteiger partial charge is 0.255 e. The first-order chi connectivity index (χ1) is 8.56. The first-order valence-electron chi connectivity index (χ1n) is 5.25. The Bertz CT molecular complexity index is 601. The van der Waals surface area contributed by atoms with Gasteiger partial charge in [-0.2, -0.15) is 0 Å². The molecule has 5 heteroatoms. The van der Waals surface area contributed by atoms with E-state index >= 15 is 0 Å². The molecule has 0 aliphatic rings. The molecule has 0 bridgehead atoms. The van der Waals surface area contributed by atoms with Gasteiger partial charge in [-0.05, 0) is 42.8 Å². The van der Waals surface area contributed by atoms with E-state index in [-0.39, 0.29) is 5.91 Å². The molecule has 92 valence electrons. The fourth-order valence-electron chi connectivity index (χ4n) is 1.56. The molecule has 2 rings (SSSR count). The standard InChI is InChI=1S/C13H10BrClN2O/c1-8-6-9(14)2-3-11(8)13(18)17-10-4-5-16-12(15)7-10/h2-7H,1H3,(H,16,17,18). The van der Waals surface area contributed by atoms with Gasteiger partial charge in [0.2, 0.25) is 0 Å². The Hall–Kier alpha value is -1.39. The second-order valence-corrected chi connectivity index (χ2v) is 5.08. The zero-order valence-corrected chi connectivity index (χ0v) is 11.9. The van der Waals surface area contributed by atoms with Crippen molar-refractivity contribution in [2.45, 2.75) is 6.92 Å². The second-order valence-electron chi connectivity index (χ2n) is 3.78. The van der Waals surface area contributed by atoms with Gasteiger partial charge in [-0.25, -0.2) is 4.98 Å². The van der Waals surface area contributed by atoms with E-state index in [9.17, 15) is 4.79 Å². The Morgan fingerprint density at radius 2 is 2.11 bits per heavy atom. The average molecular weight is 326 g/mol. The number of pyridine rings is 1. The Labute approximate surface area is 118 Å². The molecule has 1 aromatic carbocycles. The van der Waals surface area contributed by atoms with Crippen LogP contribution < -0.4 is 5.32 Å². The van der Waals surface area contributed by atoms with Crippen LogP contribution in [0.3, 0.4) is 0 Å². The Morgan fingerprint density at radius 3 is 2.78 bits per heavy atom. The van der Waals surface area contributed by atoms with E-state index in [1.807, 2.05) is 19.1 Å². The molecule has 18 heavy (non-hydrogen) atoms. The first-order valence-corrected chi connectivity index (χ1v) is 6.42. The average Bonchev–Trinajstić information content (AvgIpc) is 2.28. The summed E-state index contributed by atoms with van der Waals surface area (Å²) in [6.45, 7) is 1.89. The number of nitrogens with zero attached hydrogens (tertiary/aromatic N) is 1. The predicted molar refractivity (Wildman–Crippen MR) is 76.1 cm³/mol. The molecule has 1 N–H and O–H groups in total. The maximum Gasteiger partial charge on any atom is 0.255 e. The number of nitrogens with one attached hydrogen (secondary N) is 1. The van der Waals surface area contributed by atoms with Crippen LogP contribution >= 0.6 is 27.5 Å². The largest absolute Gasteiger partial charge is 0.322 e. The van der Waals surface area contributed by atoms with Crippen molar-refractivity contribution in [3.05, 3.63) is 57.3 Å². The van der Waals surface area contributed by atoms with Gasteiger partial charge in [-0.15, -0.1) is 0 Å². The molecule has 0 saturated heterocycles. The fraction of sp³-hybridized carbons (Fsp3) is 0.0769. The number of hydrogen-bond donors (Lipinski definition) is 1. The molecule has 0 aliphatic carbocycles. The molecule has 0 aliphatic heterocycles. The summed E-state index contributed by atoms with van der Waals surface area (Å²) >= 11 is 9.12. The molecule has 0 atom stereocenters. The van der Waals surface area contributed by atoms with Crippen LogP contribution in [0.1, 0.15) is 15.9 Å². The number of aryl methyl sites for hydroxylation is 1. The number of benzene rings is 1. The predicted octanol–water partition coefficient (Wildman–Crippen LogP) is 4.06. The topological polar surface area (TPSA) is 42.0 Å². The Kier molecular flexibility index (Phi) is 3.99. The molecule has 1 heterocycles. The maximum absolute atomic E-state index is 12.1. The lowest BCUT2D eigenvalue weighted by atomic mass is 10.1. The van der Waals surface area contributed by atoms with Gasteiger partial charge in [0.25, 0.3) is 5.91 Å². The van der Waals surface area contributed by atoms with Crippen molar-refractivity contribution in [1.29, 1.82) is 0 Å². The van der Waals surface area contributed by atoms with Crippen molar-refractivity contribution in [3.8, 4) is 0 Å². The van der Waals surface area contributed by atoms with Gasteiger partial charge in [-0.3, -0.25) is 4.79 Å². The number of carbonyl (C=O) groups excluding carboxylic acids is 1. The third kappa shape index (κ3) is 3.09. The molecule has 0 unspecified atom stereocenters. The van der Waals surface area contributed by atoms with Crippen LogP contribution in [0, 0.1) is 6.92 Å². The molecular formula is C13H10BrClN2O. The number of carbonyl (C=O) groups is 1. The van der Waals surface area contributed by atoms with Crippen LogP contribution in [0.5, 0.6) is 0 Å². The van der Waals surface area contributed by atoms with E-state index in [1.165, 1.54) is 0 Å². The van der Waals surface area contributed by atoms with Gasteiger partial charge in [0.15, 0.2) is 0 Å². The lowest BCUT2D eigenvalue weighted by Crippen LogP contribution is -2.13. The molecule has 0 radical (unpaired) electrons. The molecular weight excluding hydrogens is 316 g/mol. The molecule has 1 aromatic heterocycles. The van der Waals surface area contributed by atoms with Gasteiger partial charge >= 0.3 is 0 Å². The lowest BCUT2D eigenvalue weighted by molar-refractivity contribution is 0.102. The van der Waals surface area contributed by atoms with Crippen molar-refractivity contribution in [3.63, 3.8) is 0 Å². The summed E-state index contributed by atoms with van der Waals surface area (Å²) < 4.78 is 0.948. The number of rotatable bonds is 2. The maximum atomic E-state index is 12.1. The summed E-state index contributed by atoms with van der Waals surface area (Å²) in [5.74, 6) is -0.165. The number of amides is 1. The molecule has 1 amide bonds. The van der Waals surface area contributed by atoms with Crippen molar-refractivity contribution in [2.75, 3.05) is 5.32 Å². The van der Waals surface area contributed by atoms with E-state index in [4.69, 9.17) is 11.6 Å². The van der Waals surface area contributed by atoms with Crippen LogP contribution in [0.2, 0.25) is 5.15 Å². The molecule has 0 fully saturated rings. The summed E-state index contributed by atoms with van der Waals surface area (Å²) in [5, 5.41) is 3.13. The van der Waals surface area contributed by atoms with E-state index in [2.05, 4.69) is 26.2 Å². The number of anilines is 1. The van der Waals surface area contributed by atoms with Gasteiger partial charge in [0.1, 0.15) is 5.15 Å². The van der Waals surface area contributed by atoms with E-state index in [1.54, 1.807) is 24.4 Å². The highest BCUT2D eigenvalue weighted by molar-refractivity contribution is 9.10. The monoisotopic (exact) mass is 324 g/mol. The molecule has 0 saturated carbocycles. The Morgan fingerprint density at radius 1 is 1.33 bits per heavy atom. The van der Waals surface area contributed by atoms with Crippen LogP contribution in [0.4, 0.5) is 5.69 Å². The number of aromatic nitrogens is 1. The van der Waals surface area contributed by atoms with Gasteiger partial charge in [0, 0.05) is 21.9 Å². The molecule has 3 nitrogen and oxygen atoms in total. The van der Waals surface area contributed by atoms with Gasteiger partial charge < -0.3 is 5.32 Å². The van der Waals surface area contributed by atoms with Crippen molar-refractivity contribution in [1.82, 2.24) is 4.98 Å². The van der Waals surface area contributed by atoms with Gasteiger partial charge in [-0.1, -0.05) is 27.5 Å². The van der Waals surface area contributed by atoms with Crippen molar-refractivity contribution in [2.24, 2.45) is 0 Å². The third-order valence-corrected chi connectivity index (χ3v) is 3.12. The van der Waals surface area contributed by atoms with E-state index < -0.39 is 0 Å². The summed E-state index contributed by atoms with van der Waals surface area (Å²) in [6.07, 6.45) is 1.55. The summed E-state index contributed by atoms with van der Waals surface area (Å²) in [4.78, 5) is 15.9. The lowest BCUT2D eigenvalue weighted by Gasteiger charge is -2.08. The Balaban J connectivity index is 2.22. The third-order valence-electron chi connectivity index (χ3n) is 2.42. The highest BCUT2D eigenvalue weighted by Gasteiger charge is 2.09. The normalized spacial score (nSPS) is 10.2. The van der Waals surface area contributed by atoms with Crippen molar-refractivity contribution < 1.29 is 4.79 Å². The zero-order chi connectivity index (χ0) is 13.1. The quantitative estimate of drug-likeness (QED) is 0.846. The van der Waals surface area contributed by atoms with Crippen molar-refractivity contribution >= 4 is 39.1 Å². The molecule has 2 aromatic rings. The van der Waals surface area contributed by atoms with Gasteiger partial charge in [0.05, 0.1) is 0 Å². The van der Waals surface area contributed by atoms with Crippen LogP contribution in [-0.2, 0) is 0 Å². The molecule has 0 spiro atoms. The minimum Gasteiger partial charge on any atom is -0.322 e. The van der Waals surface area contributed by atoms with Crippen LogP contribution in [0.15, 0.2) is 41.0 Å². The van der Waals surface area contributed by atoms with E-state index in [0.717, 1.165) is 10.0 Å². The van der Waals surface area contributed by atoms with Crippen LogP contribution in [-0.4, -0.2) is 10.9 Å². The zero-order valence-electron chi connectivity index (χ0n) is 9.58. The van der Waals surface area contributed by atoms with E-state index in [0.29, 0.717) is 16.4 Å². The minimum atomic E-state index is -0.165. The number of halogens is 2. The minimum absolute atomic E-state index is 0.165. The second kappa shape index (κ2) is 5.50. The highest BCUT2D eigenvalue weighted by Crippen LogP contribution is 2.18. The number of hydrogen-bond acceptors (Lipinski definition) is 2. The highest BCUT2D eigenvalue weighted by atomic mass is 79.9. The summed E-state index contributed by atoms with van der Waals surface area (Å²) in [6, 6.07) is 8.80. The SMILES string of the molecule is Cc1cc(Br)ccc1C(=O)Nc1ccnc(Cl)c1. The first kappa shape index (κ1) is 13.1. The fourth-order valence-corrected chi connectivity index (χ4v) is 2.21. The summed E-state index contributed by atoms with van der Waals surface area (Å²) in [7, 11) is 0. The summed E-state index contributed by atoms with van der Waals surface area (Å²) in [5.41, 5.74) is 2.16.